The maximum atomic E-state index is 12.7. The number of esters is 2. The van der Waals surface area contributed by atoms with Gasteiger partial charge >= 0.3 is 11.9 Å². The number of carbonyl (C=O) groups is 2. The van der Waals surface area contributed by atoms with Gasteiger partial charge in [-0.1, -0.05) is 180 Å². The van der Waals surface area contributed by atoms with Gasteiger partial charge in [0.15, 0.2) is 6.10 Å². The van der Waals surface area contributed by atoms with Crippen molar-refractivity contribution in [1.29, 1.82) is 0 Å². The van der Waals surface area contributed by atoms with Gasteiger partial charge in [-0.2, -0.15) is 0 Å². The van der Waals surface area contributed by atoms with E-state index in [1.807, 2.05) is 21.1 Å². The number of hydrogen-bond donors (Lipinski definition) is 0. The summed E-state index contributed by atoms with van der Waals surface area (Å²) in [5.41, 5.74) is 0. The normalized spacial score (nSPS) is 13.6. The van der Waals surface area contributed by atoms with Crippen molar-refractivity contribution in [3.8, 4) is 0 Å². The zero-order chi connectivity index (χ0) is 41.4. The summed E-state index contributed by atoms with van der Waals surface area (Å²) in [5.74, 6) is -0.829. The summed E-state index contributed by atoms with van der Waals surface area (Å²) in [7, 11) is 1.17. The summed E-state index contributed by atoms with van der Waals surface area (Å²) in [6.45, 7) is 4.25. The summed E-state index contributed by atoms with van der Waals surface area (Å²) in [5, 5.41) is 0. The molecule has 0 saturated carbocycles. The average Bonchev–Trinajstić information content (AvgIpc) is 3.15. The number of carbonyl (C=O) groups excluding carboxylic acids is 2. The number of quaternary nitrogens is 1. The molecule has 0 aromatic rings. The van der Waals surface area contributed by atoms with Crippen LogP contribution >= 0.6 is 7.82 Å². The highest BCUT2D eigenvalue weighted by atomic mass is 31.2. The average molecular weight is 816 g/mol. The first-order chi connectivity index (χ1) is 27.0. The maximum Gasteiger partial charge on any atom is 0.306 e. The highest BCUT2D eigenvalue weighted by Gasteiger charge is 2.21. The minimum Gasteiger partial charge on any atom is -0.756 e. The molecular weight excluding hydrogens is 725 g/mol. The molecule has 0 aliphatic heterocycles. The lowest BCUT2D eigenvalue weighted by Crippen LogP contribution is -2.37. The lowest BCUT2D eigenvalue weighted by atomic mass is 10.0. The first-order valence-corrected chi connectivity index (χ1v) is 24.9. The third kappa shape index (κ3) is 42.4. The van der Waals surface area contributed by atoms with Gasteiger partial charge in [0, 0.05) is 12.8 Å². The summed E-state index contributed by atoms with van der Waals surface area (Å²) in [4.78, 5) is 37.5. The fourth-order valence-electron chi connectivity index (χ4n) is 6.59. The minimum atomic E-state index is -4.62. The zero-order valence-corrected chi connectivity index (χ0v) is 38.2. The molecule has 0 radical (unpaired) electrons. The number of phosphoric ester groups is 1. The third-order valence-corrected chi connectivity index (χ3v) is 11.2. The van der Waals surface area contributed by atoms with E-state index in [4.69, 9.17) is 18.5 Å². The molecule has 0 aromatic heterocycles. The number of rotatable bonds is 43. The van der Waals surface area contributed by atoms with Gasteiger partial charge < -0.3 is 27.9 Å². The van der Waals surface area contributed by atoms with Gasteiger partial charge in [-0.3, -0.25) is 14.2 Å². The molecule has 0 fully saturated rings. The van der Waals surface area contributed by atoms with Crippen LogP contribution in [0.4, 0.5) is 0 Å². The number of unbranched alkanes of at least 4 members (excludes halogenated alkanes) is 27. The molecule has 2 atom stereocenters. The first kappa shape index (κ1) is 54.8. The third-order valence-electron chi connectivity index (χ3n) is 10.3. The molecule has 56 heavy (non-hydrogen) atoms. The number of ether oxygens (including phenoxy) is 2. The Morgan fingerprint density at radius 3 is 1.32 bits per heavy atom. The molecule has 0 amide bonds. The Bertz CT molecular complexity index is 969. The molecule has 10 heteroatoms. The number of hydrogen-bond acceptors (Lipinski definition) is 8. The predicted octanol–water partition coefficient (Wildman–Crippen LogP) is 12.7. The first-order valence-electron chi connectivity index (χ1n) is 23.4. The molecule has 0 aromatic carbocycles. The van der Waals surface area contributed by atoms with Gasteiger partial charge in [0.2, 0.25) is 0 Å². The highest BCUT2D eigenvalue weighted by Crippen LogP contribution is 2.38. The van der Waals surface area contributed by atoms with E-state index in [0.29, 0.717) is 17.4 Å². The summed E-state index contributed by atoms with van der Waals surface area (Å²) in [6.07, 6.45) is 40.9. The van der Waals surface area contributed by atoms with E-state index in [-0.39, 0.29) is 32.0 Å². The molecule has 9 nitrogen and oxygen atoms in total. The largest absolute Gasteiger partial charge is 0.756 e. The summed E-state index contributed by atoms with van der Waals surface area (Å²) < 4.78 is 33.9. The second kappa shape index (κ2) is 39.2. The number of likely N-dealkylation sites (N-methyl/N-ethyl adjacent to an activating group) is 1. The van der Waals surface area contributed by atoms with Crippen molar-refractivity contribution in [3.05, 3.63) is 12.2 Å². The molecule has 1 unspecified atom stereocenters. The van der Waals surface area contributed by atoms with Crippen molar-refractivity contribution in [2.24, 2.45) is 0 Å². The van der Waals surface area contributed by atoms with Gasteiger partial charge in [-0.25, -0.2) is 0 Å². The predicted molar refractivity (Wildman–Crippen MR) is 231 cm³/mol. The zero-order valence-electron chi connectivity index (χ0n) is 37.3. The van der Waals surface area contributed by atoms with Crippen molar-refractivity contribution in [2.75, 3.05) is 47.5 Å². The van der Waals surface area contributed by atoms with Crippen LogP contribution < -0.4 is 4.89 Å². The van der Waals surface area contributed by atoms with Crippen molar-refractivity contribution in [3.63, 3.8) is 0 Å². The van der Waals surface area contributed by atoms with Crippen LogP contribution in [-0.2, 0) is 32.7 Å². The van der Waals surface area contributed by atoms with Crippen LogP contribution in [0.1, 0.15) is 219 Å². The van der Waals surface area contributed by atoms with Crippen LogP contribution in [0.3, 0.4) is 0 Å². The summed E-state index contributed by atoms with van der Waals surface area (Å²) in [6, 6.07) is 0. The van der Waals surface area contributed by atoms with Gasteiger partial charge in [0.25, 0.3) is 7.82 Å². The van der Waals surface area contributed by atoms with E-state index >= 15 is 0 Å². The molecule has 0 rings (SSSR count). The van der Waals surface area contributed by atoms with Crippen LogP contribution in [0.15, 0.2) is 12.2 Å². The van der Waals surface area contributed by atoms with Gasteiger partial charge in [-0.05, 0) is 38.5 Å². The van der Waals surface area contributed by atoms with Crippen LogP contribution in [0.2, 0.25) is 0 Å². The highest BCUT2D eigenvalue weighted by molar-refractivity contribution is 7.45. The maximum absolute atomic E-state index is 12.7. The number of allylic oxidation sites excluding steroid dienone is 2. The van der Waals surface area contributed by atoms with Gasteiger partial charge in [-0.15, -0.1) is 0 Å². The molecule has 0 bridgehead atoms. The van der Waals surface area contributed by atoms with Crippen molar-refractivity contribution < 1.29 is 42.1 Å². The molecular formula is C46H90NO8P. The van der Waals surface area contributed by atoms with Crippen LogP contribution in [0.25, 0.3) is 0 Å². The molecule has 0 N–H and O–H groups in total. The quantitative estimate of drug-likeness (QED) is 0.0197. The second-order valence-corrected chi connectivity index (χ2v) is 18.5. The Morgan fingerprint density at radius 2 is 0.911 bits per heavy atom. The fraction of sp³-hybridized carbons (Fsp3) is 0.913. The minimum absolute atomic E-state index is 0.0282. The van der Waals surface area contributed by atoms with E-state index in [2.05, 4.69) is 26.0 Å². The monoisotopic (exact) mass is 816 g/mol. The van der Waals surface area contributed by atoms with Crippen molar-refractivity contribution in [2.45, 2.75) is 225 Å². The van der Waals surface area contributed by atoms with E-state index in [1.54, 1.807) is 0 Å². The molecule has 0 heterocycles. The van der Waals surface area contributed by atoms with E-state index in [1.165, 1.54) is 148 Å². The van der Waals surface area contributed by atoms with Crippen LogP contribution in [-0.4, -0.2) is 70.0 Å². The molecule has 0 aliphatic rings. The SMILES string of the molecule is CCCCCCCCCC/C=C\CCCCCCCCCC(=O)OC[C@H](COP(=O)([O-])OCC[N+](C)(C)C)OC(=O)CCCCCCCCCCCCCCC. The van der Waals surface area contributed by atoms with Crippen molar-refractivity contribution >= 4 is 19.8 Å². The Labute approximate surface area is 346 Å². The van der Waals surface area contributed by atoms with Gasteiger partial charge in [0.05, 0.1) is 27.7 Å². The smallest absolute Gasteiger partial charge is 0.306 e. The Kier molecular flexibility index (Phi) is 38.3. The molecule has 0 saturated heterocycles. The fourth-order valence-corrected chi connectivity index (χ4v) is 7.32. The van der Waals surface area contributed by atoms with Crippen molar-refractivity contribution in [1.82, 2.24) is 0 Å². The standard InChI is InChI=1S/C46H90NO8P/c1-6-8-10-12-14-16-18-20-21-22-23-24-25-27-28-30-32-34-36-38-45(48)52-42-44(43-54-56(50,51)53-41-40-47(3,4)5)55-46(49)39-37-35-33-31-29-26-19-17-15-13-11-9-7-2/h22-23,44H,6-21,24-43H2,1-5H3/b23-22-/t44-/m1/s1. The lowest BCUT2D eigenvalue weighted by Gasteiger charge is -2.28. The summed E-state index contributed by atoms with van der Waals surface area (Å²) >= 11 is 0. The molecule has 0 aliphatic carbocycles. The number of nitrogens with zero attached hydrogens (tertiary/aromatic N) is 1. The molecule has 332 valence electrons. The van der Waals surface area contributed by atoms with E-state index in [9.17, 15) is 19.0 Å². The Balaban J connectivity index is 4.27. The topological polar surface area (TPSA) is 111 Å². The second-order valence-electron chi connectivity index (χ2n) is 17.1. The Morgan fingerprint density at radius 1 is 0.536 bits per heavy atom. The van der Waals surface area contributed by atoms with E-state index in [0.717, 1.165) is 38.5 Å². The molecule has 0 spiro atoms. The van der Waals surface area contributed by atoms with E-state index < -0.39 is 26.5 Å². The van der Waals surface area contributed by atoms with Gasteiger partial charge in [0.1, 0.15) is 19.8 Å². The Hall–Kier alpha value is -1.25. The van der Waals surface area contributed by atoms with Crippen LogP contribution in [0, 0.1) is 0 Å². The lowest BCUT2D eigenvalue weighted by molar-refractivity contribution is -0.870. The number of phosphoric acid groups is 1. The van der Waals surface area contributed by atoms with Crippen LogP contribution in [0.5, 0.6) is 0 Å².